The van der Waals surface area contributed by atoms with Crippen LogP contribution >= 0.6 is 11.6 Å². The van der Waals surface area contributed by atoms with Crippen LogP contribution in [0.5, 0.6) is 11.5 Å². The van der Waals surface area contributed by atoms with Crippen LogP contribution < -0.4 is 14.8 Å². The molecule has 1 aromatic carbocycles. The van der Waals surface area contributed by atoms with Gasteiger partial charge in [-0.25, -0.2) is 0 Å². The smallest absolute Gasteiger partial charge is 0.179 e. The van der Waals surface area contributed by atoms with E-state index in [9.17, 15) is 0 Å². The molecule has 0 radical (unpaired) electrons. The third-order valence-electron chi connectivity index (χ3n) is 2.22. The zero-order valence-corrected chi connectivity index (χ0v) is 10.9. The number of hydrogen-bond acceptors (Lipinski definition) is 4. The van der Waals surface area contributed by atoms with Crippen LogP contribution in [0.25, 0.3) is 0 Å². The molecule has 0 amide bonds. The van der Waals surface area contributed by atoms with Gasteiger partial charge in [-0.3, -0.25) is 0 Å². The van der Waals surface area contributed by atoms with Gasteiger partial charge in [0.25, 0.3) is 0 Å². The van der Waals surface area contributed by atoms with E-state index in [0.29, 0.717) is 36.1 Å². The topological polar surface area (TPSA) is 50.7 Å². The molecule has 4 nitrogen and oxygen atoms in total. The standard InChI is InChI=1S/C12H18ClNO3/c1-14-8-9-6-10(13)12(11(7-9)16-2)17-5-3-4-15/h6-7,14-15H,3-5,8H2,1-2H3. The van der Waals surface area contributed by atoms with Gasteiger partial charge in [-0.05, 0) is 24.7 Å². The van der Waals surface area contributed by atoms with E-state index in [1.54, 1.807) is 7.11 Å². The highest BCUT2D eigenvalue weighted by molar-refractivity contribution is 6.32. The summed E-state index contributed by atoms with van der Waals surface area (Å²) in [5.41, 5.74) is 1.03. The van der Waals surface area contributed by atoms with Crippen LogP contribution in [-0.2, 0) is 6.54 Å². The highest BCUT2D eigenvalue weighted by Crippen LogP contribution is 2.36. The van der Waals surface area contributed by atoms with Gasteiger partial charge in [0.05, 0.1) is 18.7 Å². The monoisotopic (exact) mass is 259 g/mol. The molecule has 0 fully saturated rings. The van der Waals surface area contributed by atoms with E-state index in [2.05, 4.69) is 5.32 Å². The normalized spacial score (nSPS) is 10.4. The second-order valence-electron chi connectivity index (χ2n) is 3.56. The molecule has 0 heterocycles. The molecular formula is C12H18ClNO3. The van der Waals surface area contributed by atoms with Crippen molar-refractivity contribution in [3.8, 4) is 11.5 Å². The van der Waals surface area contributed by atoms with Crippen LogP contribution in [0.2, 0.25) is 5.02 Å². The fourth-order valence-corrected chi connectivity index (χ4v) is 1.75. The van der Waals surface area contributed by atoms with Gasteiger partial charge in [0.2, 0.25) is 0 Å². The maximum atomic E-state index is 8.70. The third-order valence-corrected chi connectivity index (χ3v) is 2.50. The summed E-state index contributed by atoms with van der Waals surface area (Å²) >= 11 is 6.13. The Balaban J connectivity index is 2.87. The average Bonchev–Trinajstić information content (AvgIpc) is 2.32. The Bertz CT molecular complexity index is 358. The predicted molar refractivity (Wildman–Crippen MR) is 68.0 cm³/mol. The lowest BCUT2D eigenvalue weighted by Crippen LogP contribution is -2.06. The zero-order valence-electron chi connectivity index (χ0n) is 10.1. The number of ether oxygens (including phenoxy) is 2. The first kappa shape index (κ1) is 14.1. The van der Waals surface area contributed by atoms with Gasteiger partial charge >= 0.3 is 0 Å². The van der Waals surface area contributed by atoms with Crippen LogP contribution in [0, 0.1) is 0 Å². The van der Waals surface area contributed by atoms with Gasteiger partial charge in [0, 0.05) is 19.6 Å². The third kappa shape index (κ3) is 4.07. The first-order chi connectivity index (χ1) is 8.22. The van der Waals surface area contributed by atoms with E-state index >= 15 is 0 Å². The van der Waals surface area contributed by atoms with Crippen LogP contribution in [-0.4, -0.2) is 32.5 Å². The summed E-state index contributed by atoms with van der Waals surface area (Å²) in [5, 5.41) is 12.3. The molecule has 0 spiro atoms. The molecule has 17 heavy (non-hydrogen) atoms. The lowest BCUT2D eigenvalue weighted by Gasteiger charge is -2.13. The average molecular weight is 260 g/mol. The number of nitrogens with one attached hydrogen (secondary N) is 1. The van der Waals surface area contributed by atoms with Crippen molar-refractivity contribution in [2.24, 2.45) is 0 Å². The van der Waals surface area contributed by atoms with E-state index < -0.39 is 0 Å². The molecular weight excluding hydrogens is 242 g/mol. The maximum Gasteiger partial charge on any atom is 0.179 e. The van der Waals surface area contributed by atoms with E-state index in [0.717, 1.165) is 5.56 Å². The molecule has 2 N–H and O–H groups in total. The Hall–Kier alpha value is -0.970. The second kappa shape index (κ2) is 7.37. The molecule has 0 saturated heterocycles. The minimum absolute atomic E-state index is 0.0950. The molecule has 0 aromatic heterocycles. The lowest BCUT2D eigenvalue weighted by molar-refractivity contribution is 0.228. The van der Waals surface area contributed by atoms with Crippen LogP contribution in [0.15, 0.2) is 12.1 Å². The number of aliphatic hydroxyl groups is 1. The maximum absolute atomic E-state index is 8.70. The molecule has 0 bridgehead atoms. The van der Waals surface area contributed by atoms with E-state index in [1.807, 2.05) is 19.2 Å². The summed E-state index contributed by atoms with van der Waals surface area (Å²) in [7, 11) is 3.44. The molecule has 5 heteroatoms. The van der Waals surface area contributed by atoms with E-state index in [4.69, 9.17) is 26.2 Å². The molecule has 0 aliphatic rings. The van der Waals surface area contributed by atoms with Crippen molar-refractivity contribution in [3.05, 3.63) is 22.7 Å². The molecule has 96 valence electrons. The fourth-order valence-electron chi connectivity index (χ4n) is 1.46. The van der Waals surface area contributed by atoms with Crippen LogP contribution in [0.3, 0.4) is 0 Å². The van der Waals surface area contributed by atoms with Crippen molar-refractivity contribution in [2.75, 3.05) is 27.4 Å². The highest BCUT2D eigenvalue weighted by atomic mass is 35.5. The van der Waals surface area contributed by atoms with Gasteiger partial charge in [-0.1, -0.05) is 11.6 Å². The van der Waals surface area contributed by atoms with Crippen molar-refractivity contribution >= 4 is 11.6 Å². The Labute approximate surface area is 106 Å². The Morgan fingerprint density at radius 1 is 1.41 bits per heavy atom. The Kier molecular flexibility index (Phi) is 6.11. The predicted octanol–water partition coefficient (Wildman–Crippen LogP) is 1.83. The number of aliphatic hydroxyl groups excluding tert-OH is 1. The summed E-state index contributed by atoms with van der Waals surface area (Å²) in [5.74, 6) is 1.14. The summed E-state index contributed by atoms with van der Waals surface area (Å²) < 4.78 is 10.7. The summed E-state index contributed by atoms with van der Waals surface area (Å²) in [6.45, 7) is 1.22. The molecule has 1 aromatic rings. The molecule has 0 aliphatic carbocycles. The van der Waals surface area contributed by atoms with Crippen LogP contribution in [0.4, 0.5) is 0 Å². The van der Waals surface area contributed by atoms with Crippen molar-refractivity contribution in [3.63, 3.8) is 0 Å². The molecule has 0 saturated carbocycles. The SMILES string of the molecule is CNCc1cc(Cl)c(OCCCO)c(OC)c1. The number of rotatable bonds is 7. The van der Waals surface area contributed by atoms with Gasteiger partial charge < -0.3 is 19.9 Å². The minimum atomic E-state index is 0.0950. The van der Waals surface area contributed by atoms with Gasteiger partial charge in [-0.2, -0.15) is 0 Å². The second-order valence-corrected chi connectivity index (χ2v) is 3.97. The zero-order chi connectivity index (χ0) is 12.7. The van der Waals surface area contributed by atoms with Gasteiger partial charge in [0.15, 0.2) is 11.5 Å². The minimum Gasteiger partial charge on any atom is -0.493 e. The number of benzene rings is 1. The largest absolute Gasteiger partial charge is 0.493 e. The first-order valence-corrected chi connectivity index (χ1v) is 5.85. The highest BCUT2D eigenvalue weighted by Gasteiger charge is 2.11. The van der Waals surface area contributed by atoms with Crippen molar-refractivity contribution in [1.29, 1.82) is 0 Å². The molecule has 0 unspecified atom stereocenters. The Morgan fingerprint density at radius 3 is 2.76 bits per heavy atom. The lowest BCUT2D eigenvalue weighted by atomic mass is 10.2. The van der Waals surface area contributed by atoms with Crippen molar-refractivity contribution in [2.45, 2.75) is 13.0 Å². The molecule has 1 rings (SSSR count). The Morgan fingerprint density at radius 2 is 2.18 bits per heavy atom. The fraction of sp³-hybridized carbons (Fsp3) is 0.500. The molecule has 0 aliphatic heterocycles. The quantitative estimate of drug-likeness (QED) is 0.734. The van der Waals surface area contributed by atoms with Crippen molar-refractivity contribution in [1.82, 2.24) is 5.32 Å². The molecule has 0 atom stereocenters. The summed E-state index contributed by atoms with van der Waals surface area (Å²) in [6, 6.07) is 3.73. The van der Waals surface area contributed by atoms with Gasteiger partial charge in [0.1, 0.15) is 0 Å². The van der Waals surface area contributed by atoms with E-state index in [-0.39, 0.29) is 6.61 Å². The number of hydrogen-bond donors (Lipinski definition) is 2. The van der Waals surface area contributed by atoms with E-state index in [1.165, 1.54) is 0 Å². The number of halogens is 1. The summed E-state index contributed by atoms with van der Waals surface area (Å²) in [4.78, 5) is 0. The van der Waals surface area contributed by atoms with Crippen LogP contribution in [0.1, 0.15) is 12.0 Å². The number of methoxy groups -OCH3 is 1. The summed E-state index contributed by atoms with van der Waals surface area (Å²) in [6.07, 6.45) is 0.567. The van der Waals surface area contributed by atoms with Crippen molar-refractivity contribution < 1.29 is 14.6 Å². The van der Waals surface area contributed by atoms with Gasteiger partial charge in [-0.15, -0.1) is 0 Å². The first-order valence-electron chi connectivity index (χ1n) is 5.47.